The number of aryl methyl sites for hydroxylation is 1. The van der Waals surface area contributed by atoms with Gasteiger partial charge in [0.2, 0.25) is 5.91 Å². The molecule has 9 heteroatoms. The molecule has 0 aliphatic carbocycles. The van der Waals surface area contributed by atoms with Crippen molar-refractivity contribution >= 4 is 38.4 Å². The van der Waals surface area contributed by atoms with Gasteiger partial charge in [0.05, 0.1) is 16.1 Å². The number of nitrogens with zero attached hydrogens (tertiary/aromatic N) is 1. The lowest BCUT2D eigenvalue weighted by atomic mass is 10.3. The second-order valence-electron chi connectivity index (χ2n) is 5.42. The smallest absolute Gasteiger partial charge is 0.408 e. The summed E-state index contributed by atoms with van der Waals surface area (Å²) in [6.45, 7) is 1.37. The van der Waals surface area contributed by atoms with Crippen molar-refractivity contribution in [1.29, 1.82) is 0 Å². The fourth-order valence-corrected chi connectivity index (χ4v) is 3.37. The number of rotatable bonds is 4. The third-order valence-corrected chi connectivity index (χ3v) is 4.93. The van der Waals surface area contributed by atoms with Crippen LogP contribution in [-0.2, 0) is 21.9 Å². The van der Waals surface area contributed by atoms with Crippen LogP contribution in [0.25, 0.3) is 11.1 Å². The van der Waals surface area contributed by atoms with Crippen molar-refractivity contribution in [3.05, 3.63) is 53.0 Å². The van der Waals surface area contributed by atoms with Crippen LogP contribution >= 0.6 is 0 Å². The minimum absolute atomic E-state index is 0.0442. The van der Waals surface area contributed by atoms with Crippen molar-refractivity contribution in [3.8, 4) is 0 Å². The first-order valence-corrected chi connectivity index (χ1v) is 8.75. The lowest BCUT2D eigenvalue weighted by Gasteiger charge is -2.09. The number of anilines is 2. The Morgan fingerprint density at radius 1 is 1.08 bits per heavy atom. The van der Waals surface area contributed by atoms with Crippen LogP contribution in [0.4, 0.5) is 11.4 Å². The Hall–Kier alpha value is -3.07. The number of aromatic nitrogens is 1. The van der Waals surface area contributed by atoms with E-state index in [-0.39, 0.29) is 10.8 Å². The fraction of sp³-hybridized carbons (Fsp3) is 0.125. The van der Waals surface area contributed by atoms with E-state index >= 15 is 0 Å². The summed E-state index contributed by atoms with van der Waals surface area (Å²) >= 11 is 0. The minimum Gasteiger partial charge on any atom is -0.408 e. The van der Waals surface area contributed by atoms with Crippen LogP contribution in [-0.4, -0.2) is 18.9 Å². The van der Waals surface area contributed by atoms with E-state index in [1.165, 1.54) is 61.0 Å². The highest BCUT2D eigenvalue weighted by Crippen LogP contribution is 2.22. The second-order valence-corrected chi connectivity index (χ2v) is 7.10. The SMILES string of the molecule is CC(=O)Nc1ccc(S(=O)(=O)Nc2ccc3oc(=O)n(C)c3c2)cc1. The quantitative estimate of drug-likeness (QED) is 0.737. The van der Waals surface area contributed by atoms with E-state index in [2.05, 4.69) is 10.0 Å². The Kier molecular flexibility index (Phi) is 4.09. The molecule has 25 heavy (non-hydrogen) atoms. The Morgan fingerprint density at radius 2 is 1.72 bits per heavy atom. The maximum Gasteiger partial charge on any atom is 0.419 e. The highest BCUT2D eigenvalue weighted by Gasteiger charge is 2.15. The van der Waals surface area contributed by atoms with Crippen molar-refractivity contribution < 1.29 is 17.6 Å². The van der Waals surface area contributed by atoms with Gasteiger partial charge >= 0.3 is 5.76 Å². The molecule has 0 fully saturated rings. The highest BCUT2D eigenvalue weighted by molar-refractivity contribution is 7.92. The van der Waals surface area contributed by atoms with Gasteiger partial charge in [0.15, 0.2) is 5.58 Å². The van der Waals surface area contributed by atoms with Gasteiger partial charge < -0.3 is 9.73 Å². The lowest BCUT2D eigenvalue weighted by molar-refractivity contribution is -0.114. The number of benzene rings is 2. The van der Waals surface area contributed by atoms with Crippen LogP contribution in [0.15, 0.2) is 56.6 Å². The van der Waals surface area contributed by atoms with Crippen molar-refractivity contribution in [2.45, 2.75) is 11.8 Å². The van der Waals surface area contributed by atoms with Gasteiger partial charge in [-0.3, -0.25) is 14.1 Å². The molecule has 0 bridgehead atoms. The molecule has 0 radical (unpaired) electrons. The molecule has 2 N–H and O–H groups in total. The van der Waals surface area contributed by atoms with Crippen molar-refractivity contribution in [2.75, 3.05) is 10.0 Å². The number of oxazole rings is 1. The zero-order valence-electron chi connectivity index (χ0n) is 13.4. The number of nitrogens with one attached hydrogen (secondary N) is 2. The minimum atomic E-state index is -3.81. The van der Waals surface area contributed by atoms with Gasteiger partial charge in [0.1, 0.15) is 0 Å². The van der Waals surface area contributed by atoms with Crippen LogP contribution < -0.4 is 15.8 Å². The molecule has 1 amide bonds. The Morgan fingerprint density at radius 3 is 2.36 bits per heavy atom. The fourth-order valence-electron chi connectivity index (χ4n) is 2.32. The van der Waals surface area contributed by atoms with Gasteiger partial charge in [-0.05, 0) is 42.5 Å². The molecule has 0 saturated heterocycles. The normalized spacial score (nSPS) is 11.4. The molecule has 0 unspecified atom stereocenters. The Balaban J connectivity index is 1.89. The number of carbonyl (C=O) groups excluding carboxylic acids is 1. The molecular formula is C16H15N3O5S. The molecular weight excluding hydrogens is 346 g/mol. The van der Waals surface area contributed by atoms with Crippen LogP contribution in [0.3, 0.4) is 0 Å². The summed E-state index contributed by atoms with van der Waals surface area (Å²) in [6.07, 6.45) is 0. The van der Waals surface area contributed by atoms with Gasteiger partial charge in [-0.15, -0.1) is 0 Å². The number of hydrogen-bond acceptors (Lipinski definition) is 5. The molecule has 0 aliphatic heterocycles. The molecule has 0 saturated carbocycles. The van der Waals surface area contributed by atoms with Gasteiger partial charge in [-0.2, -0.15) is 0 Å². The average Bonchev–Trinajstić information content (AvgIpc) is 2.82. The highest BCUT2D eigenvalue weighted by atomic mass is 32.2. The number of fused-ring (bicyclic) bond motifs is 1. The first-order chi connectivity index (χ1) is 11.8. The predicted octanol–water partition coefficient (Wildman–Crippen LogP) is 1.89. The molecule has 1 aromatic heterocycles. The maximum atomic E-state index is 12.5. The van der Waals surface area contributed by atoms with E-state index < -0.39 is 15.8 Å². The monoisotopic (exact) mass is 361 g/mol. The molecule has 0 spiro atoms. The van der Waals surface area contributed by atoms with E-state index in [9.17, 15) is 18.0 Å². The first-order valence-electron chi connectivity index (χ1n) is 7.26. The van der Waals surface area contributed by atoms with Gasteiger partial charge in [0, 0.05) is 19.7 Å². The number of sulfonamides is 1. The van der Waals surface area contributed by atoms with Gasteiger partial charge in [-0.1, -0.05) is 0 Å². The van der Waals surface area contributed by atoms with Crippen molar-refractivity contribution in [1.82, 2.24) is 4.57 Å². The predicted molar refractivity (Wildman–Crippen MR) is 93.0 cm³/mol. The topological polar surface area (TPSA) is 110 Å². The van der Waals surface area contributed by atoms with Crippen LogP contribution in [0.5, 0.6) is 0 Å². The van der Waals surface area contributed by atoms with Crippen LogP contribution in [0.2, 0.25) is 0 Å². The van der Waals surface area contributed by atoms with Crippen LogP contribution in [0, 0.1) is 0 Å². The van der Waals surface area contributed by atoms with E-state index in [4.69, 9.17) is 4.42 Å². The van der Waals surface area contributed by atoms with E-state index in [1.807, 2.05) is 0 Å². The molecule has 8 nitrogen and oxygen atoms in total. The molecule has 3 aromatic rings. The van der Waals surface area contributed by atoms with Crippen LogP contribution in [0.1, 0.15) is 6.92 Å². The number of amides is 1. The Labute approximate surface area is 143 Å². The molecule has 0 atom stereocenters. The van der Waals surface area contributed by atoms with Gasteiger partial charge in [-0.25, -0.2) is 13.2 Å². The standard InChI is InChI=1S/C16H15N3O5S/c1-10(20)17-11-3-6-13(7-4-11)25(22,23)18-12-5-8-15-14(9-12)19(2)16(21)24-15/h3-9,18H,1-2H3,(H,17,20). The molecule has 130 valence electrons. The molecule has 0 aliphatic rings. The van der Waals surface area contributed by atoms with Crippen molar-refractivity contribution in [3.63, 3.8) is 0 Å². The number of carbonyl (C=O) groups is 1. The van der Waals surface area contributed by atoms with E-state index in [0.29, 0.717) is 22.5 Å². The molecule has 2 aromatic carbocycles. The third-order valence-electron chi connectivity index (χ3n) is 3.53. The summed E-state index contributed by atoms with van der Waals surface area (Å²) in [5.74, 6) is -0.767. The summed E-state index contributed by atoms with van der Waals surface area (Å²) in [6, 6.07) is 10.3. The number of hydrogen-bond donors (Lipinski definition) is 2. The van der Waals surface area contributed by atoms with Crippen molar-refractivity contribution in [2.24, 2.45) is 7.05 Å². The van der Waals surface area contributed by atoms with E-state index in [0.717, 1.165) is 0 Å². The summed E-state index contributed by atoms with van der Waals surface area (Å²) in [4.78, 5) is 22.5. The zero-order valence-corrected chi connectivity index (χ0v) is 14.3. The summed E-state index contributed by atoms with van der Waals surface area (Å²) < 4.78 is 33.7. The van der Waals surface area contributed by atoms with Gasteiger partial charge in [0.25, 0.3) is 10.0 Å². The maximum absolute atomic E-state index is 12.5. The first kappa shape index (κ1) is 16.8. The average molecular weight is 361 g/mol. The largest absolute Gasteiger partial charge is 0.419 e. The summed E-state index contributed by atoms with van der Waals surface area (Å²) in [5.41, 5.74) is 1.65. The molecule has 3 rings (SSSR count). The zero-order chi connectivity index (χ0) is 18.2. The lowest BCUT2D eigenvalue weighted by Crippen LogP contribution is -2.13. The third kappa shape index (κ3) is 3.41. The summed E-state index contributed by atoms with van der Waals surface area (Å²) in [7, 11) is -2.28. The molecule has 1 heterocycles. The Bertz CT molecular complexity index is 1110. The summed E-state index contributed by atoms with van der Waals surface area (Å²) in [5, 5.41) is 2.56. The van der Waals surface area contributed by atoms with E-state index in [1.54, 1.807) is 0 Å². The second kappa shape index (κ2) is 6.10.